The third kappa shape index (κ3) is 5.27. The van der Waals surface area contributed by atoms with Gasteiger partial charge in [0.25, 0.3) is 0 Å². The van der Waals surface area contributed by atoms with Crippen molar-refractivity contribution in [1.82, 2.24) is 10.7 Å². The van der Waals surface area contributed by atoms with Crippen LogP contribution in [-0.4, -0.2) is 31.6 Å². The van der Waals surface area contributed by atoms with Gasteiger partial charge in [-0.2, -0.15) is 5.10 Å². The van der Waals surface area contributed by atoms with Crippen LogP contribution in [0.3, 0.4) is 0 Å². The van der Waals surface area contributed by atoms with Gasteiger partial charge in [0.05, 0.1) is 19.9 Å². The van der Waals surface area contributed by atoms with Crippen LogP contribution in [0.2, 0.25) is 0 Å². The molecular weight excluding hydrogens is 274 g/mol. The number of hydrogen-bond donors (Lipinski definition) is 2. The minimum Gasteiger partial charge on any atom is -0.493 e. The quantitative estimate of drug-likeness (QED) is 0.349. The van der Waals surface area contributed by atoms with Gasteiger partial charge in [-0.25, -0.2) is 0 Å². The van der Waals surface area contributed by atoms with Gasteiger partial charge in [0.1, 0.15) is 0 Å². The van der Waals surface area contributed by atoms with Crippen LogP contribution in [0.1, 0.15) is 12.5 Å². The number of hydrazone groups is 1. The van der Waals surface area contributed by atoms with Gasteiger partial charge in [-0.15, -0.1) is 6.58 Å². The number of methoxy groups -OCH3 is 1. The summed E-state index contributed by atoms with van der Waals surface area (Å²) in [4.78, 5) is 0. The van der Waals surface area contributed by atoms with Crippen LogP contribution >= 0.6 is 12.2 Å². The molecule has 1 rings (SSSR count). The van der Waals surface area contributed by atoms with E-state index in [0.29, 0.717) is 29.8 Å². The number of nitrogens with one attached hydrogen (secondary N) is 2. The summed E-state index contributed by atoms with van der Waals surface area (Å²) in [6.45, 7) is 6.70. The molecule has 20 heavy (non-hydrogen) atoms. The summed E-state index contributed by atoms with van der Waals surface area (Å²) in [5.74, 6) is 1.38. The van der Waals surface area contributed by atoms with Gasteiger partial charge in [-0.1, -0.05) is 6.08 Å². The highest BCUT2D eigenvalue weighted by molar-refractivity contribution is 7.80. The highest BCUT2D eigenvalue weighted by Crippen LogP contribution is 2.27. The fourth-order valence-electron chi connectivity index (χ4n) is 1.41. The van der Waals surface area contributed by atoms with Crippen LogP contribution in [-0.2, 0) is 0 Å². The molecule has 0 radical (unpaired) electrons. The number of hydrogen-bond acceptors (Lipinski definition) is 4. The van der Waals surface area contributed by atoms with Crippen molar-refractivity contribution < 1.29 is 9.47 Å². The van der Waals surface area contributed by atoms with Crippen LogP contribution < -0.4 is 20.2 Å². The summed E-state index contributed by atoms with van der Waals surface area (Å²) in [5, 5.41) is 7.39. The molecule has 0 saturated heterocycles. The van der Waals surface area contributed by atoms with E-state index in [9.17, 15) is 0 Å². The predicted octanol–water partition coefficient (Wildman–Crippen LogP) is 2.08. The predicted molar refractivity (Wildman–Crippen MR) is 85.7 cm³/mol. The Bertz CT molecular complexity index is 489. The van der Waals surface area contributed by atoms with E-state index in [-0.39, 0.29) is 0 Å². The van der Waals surface area contributed by atoms with E-state index < -0.39 is 0 Å². The zero-order valence-corrected chi connectivity index (χ0v) is 12.5. The van der Waals surface area contributed by atoms with Crippen molar-refractivity contribution in [2.75, 3.05) is 20.3 Å². The number of benzene rings is 1. The summed E-state index contributed by atoms with van der Waals surface area (Å²) >= 11 is 5.01. The molecule has 1 aromatic rings. The third-order valence-electron chi connectivity index (χ3n) is 2.27. The topological polar surface area (TPSA) is 54.9 Å². The lowest BCUT2D eigenvalue weighted by Crippen LogP contribution is -2.31. The molecule has 0 aromatic heterocycles. The fraction of sp³-hybridized carbons (Fsp3) is 0.286. The summed E-state index contributed by atoms with van der Waals surface area (Å²) in [5.41, 5.74) is 3.59. The van der Waals surface area contributed by atoms with Crippen molar-refractivity contribution in [3.8, 4) is 11.5 Å². The van der Waals surface area contributed by atoms with Gasteiger partial charge >= 0.3 is 0 Å². The standard InChI is InChI=1S/C14H19N3O2S/c1-4-8-15-14(20)17-16-10-11-6-7-12(19-5-2)13(9-11)18-3/h4,6-7,9-10H,1,5,8H2,2-3H3,(H2,15,17,20)/b16-10-. The average Bonchev–Trinajstić information content (AvgIpc) is 2.46. The monoisotopic (exact) mass is 293 g/mol. The zero-order chi connectivity index (χ0) is 14.8. The molecule has 0 bridgehead atoms. The summed E-state index contributed by atoms with van der Waals surface area (Å²) in [6.07, 6.45) is 3.37. The van der Waals surface area contributed by atoms with Gasteiger partial charge < -0.3 is 14.8 Å². The van der Waals surface area contributed by atoms with Gasteiger partial charge in [0.15, 0.2) is 16.6 Å². The highest BCUT2D eigenvalue weighted by Gasteiger charge is 2.03. The smallest absolute Gasteiger partial charge is 0.187 e. The molecule has 5 nitrogen and oxygen atoms in total. The minimum absolute atomic E-state index is 0.444. The van der Waals surface area contributed by atoms with Crippen LogP contribution in [0.25, 0.3) is 0 Å². The Hall–Kier alpha value is -2.08. The van der Waals surface area contributed by atoms with Crippen molar-refractivity contribution in [2.24, 2.45) is 5.10 Å². The first-order chi connectivity index (χ1) is 9.71. The molecule has 0 unspecified atom stereocenters. The van der Waals surface area contributed by atoms with Gasteiger partial charge in [0.2, 0.25) is 0 Å². The van der Waals surface area contributed by atoms with Crippen molar-refractivity contribution in [3.63, 3.8) is 0 Å². The van der Waals surface area contributed by atoms with Crippen LogP contribution in [0, 0.1) is 0 Å². The maximum absolute atomic E-state index is 5.44. The molecule has 0 aliphatic carbocycles. The Morgan fingerprint density at radius 1 is 1.45 bits per heavy atom. The zero-order valence-electron chi connectivity index (χ0n) is 11.7. The molecule has 0 aliphatic rings. The molecule has 0 saturated carbocycles. The molecule has 0 aliphatic heterocycles. The first-order valence-corrected chi connectivity index (χ1v) is 6.60. The van der Waals surface area contributed by atoms with Gasteiger partial charge in [-0.05, 0) is 42.9 Å². The van der Waals surface area contributed by atoms with Crippen molar-refractivity contribution >= 4 is 23.5 Å². The number of nitrogens with zero attached hydrogens (tertiary/aromatic N) is 1. The lowest BCUT2D eigenvalue weighted by molar-refractivity contribution is 0.311. The summed E-state index contributed by atoms with van der Waals surface area (Å²) in [7, 11) is 1.60. The van der Waals surface area contributed by atoms with E-state index in [1.165, 1.54) is 0 Å². The Labute approximate surface area is 124 Å². The Kier molecular flexibility index (Phi) is 7.13. The normalized spacial score (nSPS) is 10.1. The maximum Gasteiger partial charge on any atom is 0.187 e. The number of rotatable bonds is 7. The second-order valence-corrected chi connectivity index (χ2v) is 4.12. The van der Waals surface area contributed by atoms with Crippen molar-refractivity contribution in [2.45, 2.75) is 6.92 Å². The number of ether oxygens (including phenoxy) is 2. The lowest BCUT2D eigenvalue weighted by atomic mass is 10.2. The van der Waals surface area contributed by atoms with Crippen molar-refractivity contribution in [3.05, 3.63) is 36.4 Å². The molecule has 0 amide bonds. The van der Waals surface area contributed by atoms with E-state index in [1.807, 2.05) is 25.1 Å². The first-order valence-electron chi connectivity index (χ1n) is 6.19. The van der Waals surface area contributed by atoms with Crippen LogP contribution in [0.15, 0.2) is 36.0 Å². The van der Waals surface area contributed by atoms with Crippen molar-refractivity contribution in [1.29, 1.82) is 0 Å². The van der Waals surface area contributed by atoms with Crippen LogP contribution in [0.5, 0.6) is 11.5 Å². The molecule has 6 heteroatoms. The SMILES string of the molecule is C=CCNC(=S)N/N=C\c1ccc(OCC)c(OC)c1. The Morgan fingerprint density at radius 3 is 2.90 bits per heavy atom. The Morgan fingerprint density at radius 2 is 2.25 bits per heavy atom. The second kappa shape index (κ2) is 8.92. The highest BCUT2D eigenvalue weighted by atomic mass is 32.1. The fourth-order valence-corrected chi connectivity index (χ4v) is 1.55. The van der Waals surface area contributed by atoms with Gasteiger partial charge in [-0.3, -0.25) is 5.43 Å². The molecule has 1 aromatic carbocycles. The molecule has 2 N–H and O–H groups in total. The van der Waals surface area contributed by atoms with E-state index in [2.05, 4.69) is 22.4 Å². The largest absolute Gasteiger partial charge is 0.493 e. The minimum atomic E-state index is 0.444. The van der Waals surface area contributed by atoms with Gasteiger partial charge in [0, 0.05) is 6.54 Å². The molecule has 0 heterocycles. The molecule has 0 atom stereocenters. The average molecular weight is 293 g/mol. The van der Waals surface area contributed by atoms with E-state index in [1.54, 1.807) is 19.4 Å². The first kappa shape index (κ1) is 16.0. The second-order valence-electron chi connectivity index (χ2n) is 3.71. The summed E-state index contributed by atoms with van der Waals surface area (Å²) in [6, 6.07) is 5.58. The van der Waals surface area contributed by atoms with Crippen LogP contribution in [0.4, 0.5) is 0 Å². The van der Waals surface area contributed by atoms with E-state index in [4.69, 9.17) is 21.7 Å². The molecule has 0 spiro atoms. The van der Waals surface area contributed by atoms with E-state index in [0.717, 1.165) is 5.56 Å². The molecule has 0 fully saturated rings. The third-order valence-corrected chi connectivity index (χ3v) is 2.51. The lowest BCUT2D eigenvalue weighted by Gasteiger charge is -2.09. The Balaban J connectivity index is 2.63. The molecular formula is C14H19N3O2S. The molecule has 108 valence electrons. The maximum atomic E-state index is 5.44. The van der Waals surface area contributed by atoms with E-state index >= 15 is 0 Å². The summed E-state index contributed by atoms with van der Waals surface area (Å²) < 4.78 is 10.7. The number of thiocarbonyl (C=S) groups is 1.